The van der Waals surface area contributed by atoms with Crippen LogP contribution in [0.3, 0.4) is 0 Å². The molecule has 0 aromatic carbocycles. The molecule has 15 heavy (non-hydrogen) atoms. The number of aromatic nitrogens is 1. The Labute approximate surface area is 92.3 Å². The molecule has 2 nitrogen and oxygen atoms in total. The first kappa shape index (κ1) is 13.7. The van der Waals surface area contributed by atoms with Crippen LogP contribution in [0.5, 0.6) is 0 Å². The van der Waals surface area contributed by atoms with Crippen LogP contribution >= 0.6 is 0 Å². The summed E-state index contributed by atoms with van der Waals surface area (Å²) < 4.78 is 0. The van der Waals surface area contributed by atoms with Crippen molar-refractivity contribution in [1.82, 2.24) is 4.98 Å². The maximum Gasteiger partial charge on any atom is 0.0831 e. The van der Waals surface area contributed by atoms with E-state index < -0.39 is 0 Å². The number of aliphatic hydroxyl groups excluding tert-OH is 1. The molecule has 0 saturated carbocycles. The summed E-state index contributed by atoms with van der Waals surface area (Å²) in [5.41, 5.74) is 3.07. The highest BCUT2D eigenvalue weighted by molar-refractivity contribution is 5.52. The SMILES string of the molecule is C/C=C\C=C/c1[nH]c(CO)cc1C.CC. The largest absolute Gasteiger partial charge is 0.390 e. The predicted octanol–water partition coefficient (Wildman–Crippen LogP) is 3.43. The lowest BCUT2D eigenvalue weighted by Gasteiger charge is -1.88. The predicted molar refractivity (Wildman–Crippen MR) is 66.6 cm³/mol. The van der Waals surface area contributed by atoms with Crippen molar-refractivity contribution in [2.45, 2.75) is 34.3 Å². The van der Waals surface area contributed by atoms with E-state index in [-0.39, 0.29) is 6.61 Å². The fourth-order valence-corrected chi connectivity index (χ4v) is 1.17. The Morgan fingerprint density at radius 2 is 2.00 bits per heavy atom. The van der Waals surface area contributed by atoms with Gasteiger partial charge >= 0.3 is 0 Å². The lowest BCUT2D eigenvalue weighted by molar-refractivity contribution is 0.277. The van der Waals surface area contributed by atoms with Crippen molar-refractivity contribution in [3.8, 4) is 0 Å². The molecule has 0 unspecified atom stereocenters. The second-order valence-corrected chi connectivity index (χ2v) is 2.93. The van der Waals surface area contributed by atoms with Gasteiger partial charge in [0.25, 0.3) is 0 Å². The number of aromatic amines is 1. The number of aliphatic hydroxyl groups is 1. The third-order valence-corrected chi connectivity index (χ3v) is 1.85. The van der Waals surface area contributed by atoms with Gasteiger partial charge in [0.1, 0.15) is 0 Å². The number of hydrogen-bond donors (Lipinski definition) is 2. The van der Waals surface area contributed by atoms with E-state index in [1.54, 1.807) is 0 Å². The van der Waals surface area contributed by atoms with E-state index in [4.69, 9.17) is 5.11 Å². The van der Waals surface area contributed by atoms with Crippen LogP contribution in [0, 0.1) is 6.92 Å². The van der Waals surface area contributed by atoms with Gasteiger partial charge in [-0.3, -0.25) is 0 Å². The smallest absolute Gasteiger partial charge is 0.0831 e. The van der Waals surface area contributed by atoms with Crippen LogP contribution in [0.25, 0.3) is 6.08 Å². The highest BCUT2D eigenvalue weighted by Crippen LogP contribution is 2.11. The van der Waals surface area contributed by atoms with Crippen molar-refractivity contribution >= 4 is 6.08 Å². The molecule has 0 aliphatic carbocycles. The Morgan fingerprint density at radius 1 is 1.33 bits per heavy atom. The van der Waals surface area contributed by atoms with E-state index in [2.05, 4.69) is 4.98 Å². The number of aryl methyl sites for hydroxylation is 1. The minimum atomic E-state index is 0.0678. The highest BCUT2D eigenvalue weighted by Gasteiger charge is 1.98. The zero-order valence-corrected chi connectivity index (χ0v) is 10.0. The number of hydrogen-bond acceptors (Lipinski definition) is 1. The minimum absolute atomic E-state index is 0.0678. The van der Waals surface area contributed by atoms with Gasteiger partial charge < -0.3 is 10.1 Å². The van der Waals surface area contributed by atoms with Crippen LogP contribution in [0.2, 0.25) is 0 Å². The van der Waals surface area contributed by atoms with E-state index in [1.165, 1.54) is 0 Å². The second-order valence-electron chi connectivity index (χ2n) is 2.93. The molecule has 1 rings (SSSR count). The van der Waals surface area contributed by atoms with Crippen molar-refractivity contribution in [2.24, 2.45) is 0 Å². The molecule has 0 radical (unpaired) electrons. The fourth-order valence-electron chi connectivity index (χ4n) is 1.17. The third-order valence-electron chi connectivity index (χ3n) is 1.85. The zero-order valence-electron chi connectivity index (χ0n) is 10.0. The second kappa shape index (κ2) is 8.06. The summed E-state index contributed by atoms with van der Waals surface area (Å²) in [6, 6.07) is 1.95. The summed E-state index contributed by atoms with van der Waals surface area (Å²) in [7, 11) is 0. The van der Waals surface area contributed by atoms with Crippen molar-refractivity contribution in [2.75, 3.05) is 0 Å². The molecule has 1 aromatic rings. The van der Waals surface area contributed by atoms with Crippen molar-refractivity contribution in [3.05, 3.63) is 41.2 Å². The molecule has 0 amide bonds. The van der Waals surface area contributed by atoms with Crippen LogP contribution < -0.4 is 0 Å². The van der Waals surface area contributed by atoms with E-state index >= 15 is 0 Å². The summed E-state index contributed by atoms with van der Waals surface area (Å²) in [4.78, 5) is 3.12. The first-order valence-corrected chi connectivity index (χ1v) is 5.36. The number of nitrogens with one attached hydrogen (secondary N) is 1. The molecule has 2 heteroatoms. The summed E-state index contributed by atoms with van der Waals surface area (Å²) in [5.74, 6) is 0. The quantitative estimate of drug-likeness (QED) is 0.732. The molecule has 0 saturated heterocycles. The van der Waals surface area contributed by atoms with Gasteiger partial charge in [0.2, 0.25) is 0 Å². The van der Waals surface area contributed by atoms with E-state index in [1.807, 2.05) is 58.1 Å². The molecule has 0 aliphatic rings. The van der Waals surface area contributed by atoms with Crippen LogP contribution in [0.4, 0.5) is 0 Å². The molecular weight excluding hydrogens is 186 g/mol. The van der Waals surface area contributed by atoms with Gasteiger partial charge in [0.05, 0.1) is 6.61 Å². The van der Waals surface area contributed by atoms with Crippen molar-refractivity contribution in [3.63, 3.8) is 0 Å². The lowest BCUT2D eigenvalue weighted by atomic mass is 10.2. The highest BCUT2D eigenvalue weighted by atomic mass is 16.3. The van der Waals surface area contributed by atoms with Crippen LogP contribution in [-0.2, 0) is 6.61 Å². The molecule has 0 atom stereocenters. The van der Waals surface area contributed by atoms with Gasteiger partial charge in [-0.25, -0.2) is 0 Å². The zero-order chi connectivity index (χ0) is 11.7. The molecule has 0 aliphatic heterocycles. The third kappa shape index (κ3) is 4.66. The number of allylic oxidation sites excluding steroid dienone is 3. The Kier molecular flexibility index (Phi) is 7.38. The Hall–Kier alpha value is -1.28. The Morgan fingerprint density at radius 3 is 2.47 bits per heavy atom. The summed E-state index contributed by atoms with van der Waals surface area (Å²) in [5, 5.41) is 8.88. The number of rotatable bonds is 3. The summed E-state index contributed by atoms with van der Waals surface area (Å²) in [6.07, 6.45) is 7.91. The Bertz CT molecular complexity index is 321. The average molecular weight is 207 g/mol. The lowest BCUT2D eigenvalue weighted by Crippen LogP contribution is -1.80. The van der Waals surface area contributed by atoms with Gasteiger partial charge in [-0.15, -0.1) is 0 Å². The van der Waals surface area contributed by atoms with Gasteiger partial charge in [0.15, 0.2) is 0 Å². The summed E-state index contributed by atoms with van der Waals surface area (Å²) >= 11 is 0. The Balaban J connectivity index is 0.000000921. The van der Waals surface area contributed by atoms with Crippen LogP contribution in [0.1, 0.15) is 37.7 Å². The molecule has 0 bridgehead atoms. The van der Waals surface area contributed by atoms with Gasteiger partial charge in [-0.2, -0.15) is 0 Å². The molecule has 84 valence electrons. The summed E-state index contributed by atoms with van der Waals surface area (Å²) in [6.45, 7) is 8.06. The van der Waals surface area contributed by atoms with Gasteiger partial charge in [-0.05, 0) is 31.6 Å². The standard InChI is InChI=1S/C11H15NO.C2H6/c1-3-4-5-6-11-9(2)7-10(8-13)12-11;1-2/h3-7,12-13H,8H2,1-2H3;1-2H3/b4-3-,6-5-;. The molecule has 0 spiro atoms. The normalized spacial score (nSPS) is 10.7. The molecule has 2 N–H and O–H groups in total. The van der Waals surface area contributed by atoms with Gasteiger partial charge in [0, 0.05) is 11.4 Å². The fraction of sp³-hybridized carbons (Fsp3) is 0.385. The first-order chi connectivity index (χ1) is 7.27. The van der Waals surface area contributed by atoms with Crippen molar-refractivity contribution < 1.29 is 5.11 Å². The molecule has 1 heterocycles. The molecule has 1 aromatic heterocycles. The maximum absolute atomic E-state index is 8.88. The minimum Gasteiger partial charge on any atom is -0.390 e. The van der Waals surface area contributed by atoms with Crippen molar-refractivity contribution in [1.29, 1.82) is 0 Å². The molecular formula is C13H21NO. The van der Waals surface area contributed by atoms with Crippen LogP contribution in [0.15, 0.2) is 24.3 Å². The van der Waals surface area contributed by atoms with E-state index in [0.717, 1.165) is 17.0 Å². The van der Waals surface area contributed by atoms with E-state index in [9.17, 15) is 0 Å². The van der Waals surface area contributed by atoms with Crippen LogP contribution in [-0.4, -0.2) is 10.1 Å². The number of H-pyrrole nitrogens is 1. The van der Waals surface area contributed by atoms with Gasteiger partial charge in [-0.1, -0.05) is 32.1 Å². The maximum atomic E-state index is 8.88. The van der Waals surface area contributed by atoms with E-state index in [0.29, 0.717) is 0 Å². The monoisotopic (exact) mass is 207 g/mol. The molecule has 0 fully saturated rings. The topological polar surface area (TPSA) is 36.0 Å². The average Bonchev–Trinajstić information content (AvgIpc) is 2.63. The first-order valence-electron chi connectivity index (χ1n) is 5.36.